The van der Waals surface area contributed by atoms with Gasteiger partial charge in [0.15, 0.2) is 11.3 Å². The van der Waals surface area contributed by atoms with Gasteiger partial charge in [0.05, 0.1) is 30.3 Å². The molecule has 1 saturated heterocycles. The highest BCUT2D eigenvalue weighted by Crippen LogP contribution is 2.28. The Labute approximate surface area is 191 Å². The molecular formula is C24H25N9. The zero-order valence-corrected chi connectivity index (χ0v) is 18.7. The molecule has 9 nitrogen and oxygen atoms in total. The summed E-state index contributed by atoms with van der Waals surface area (Å²) in [5.74, 6) is 0.904. The first kappa shape index (κ1) is 19.8. The minimum Gasteiger partial charge on any atom is -0.353 e. The number of benzene rings is 1. The van der Waals surface area contributed by atoms with Crippen molar-refractivity contribution in [1.29, 1.82) is 0 Å². The lowest BCUT2D eigenvalue weighted by molar-refractivity contribution is 0.584. The van der Waals surface area contributed by atoms with Crippen LogP contribution in [0.25, 0.3) is 33.3 Å². The summed E-state index contributed by atoms with van der Waals surface area (Å²) in [6, 6.07) is 8.62. The Morgan fingerprint density at radius 3 is 2.67 bits per heavy atom. The van der Waals surface area contributed by atoms with Crippen LogP contribution in [0, 0.1) is 0 Å². The molecule has 5 heterocycles. The second-order valence-electron chi connectivity index (χ2n) is 8.52. The average Bonchev–Trinajstić information content (AvgIpc) is 3.49. The Morgan fingerprint density at radius 1 is 0.970 bits per heavy atom. The van der Waals surface area contributed by atoms with Gasteiger partial charge in [0, 0.05) is 62.1 Å². The summed E-state index contributed by atoms with van der Waals surface area (Å²) in [5.41, 5.74) is 5.72. The van der Waals surface area contributed by atoms with Crippen LogP contribution in [-0.4, -0.2) is 60.5 Å². The van der Waals surface area contributed by atoms with E-state index in [-0.39, 0.29) is 6.04 Å². The van der Waals surface area contributed by atoms with Crippen molar-refractivity contribution < 1.29 is 0 Å². The Morgan fingerprint density at radius 2 is 1.85 bits per heavy atom. The molecule has 0 radical (unpaired) electrons. The lowest BCUT2D eigenvalue weighted by atomic mass is 10.0. The topological polar surface area (TPSA) is 89.6 Å². The minimum atomic E-state index is 0.0500. The van der Waals surface area contributed by atoms with E-state index in [1.165, 1.54) is 5.56 Å². The van der Waals surface area contributed by atoms with Crippen LogP contribution >= 0.6 is 0 Å². The number of imidazole rings is 1. The van der Waals surface area contributed by atoms with Gasteiger partial charge in [-0.05, 0) is 30.7 Å². The largest absolute Gasteiger partial charge is 0.353 e. The third-order valence-corrected chi connectivity index (χ3v) is 6.36. The number of piperazine rings is 1. The maximum atomic E-state index is 4.94. The van der Waals surface area contributed by atoms with Crippen molar-refractivity contribution in [2.75, 3.05) is 31.1 Å². The first-order valence-corrected chi connectivity index (χ1v) is 11.2. The van der Waals surface area contributed by atoms with Crippen LogP contribution < -0.4 is 10.2 Å². The third kappa shape index (κ3) is 3.60. The normalized spacial score (nSPS) is 15.4. The van der Waals surface area contributed by atoms with E-state index < -0.39 is 0 Å². The number of aromatic nitrogens is 7. The minimum absolute atomic E-state index is 0.0500. The summed E-state index contributed by atoms with van der Waals surface area (Å²) in [6.45, 7) is 5.95. The second kappa shape index (κ2) is 7.93. The van der Waals surface area contributed by atoms with Crippen molar-refractivity contribution in [2.45, 2.75) is 13.0 Å². The molecule has 1 aromatic carbocycles. The van der Waals surface area contributed by atoms with Gasteiger partial charge in [0.25, 0.3) is 0 Å². The van der Waals surface area contributed by atoms with Crippen LogP contribution in [0.3, 0.4) is 0 Å². The van der Waals surface area contributed by atoms with E-state index in [1.807, 2.05) is 38.2 Å². The van der Waals surface area contributed by atoms with Gasteiger partial charge < -0.3 is 14.8 Å². The van der Waals surface area contributed by atoms with E-state index in [4.69, 9.17) is 4.98 Å². The molecule has 9 heteroatoms. The van der Waals surface area contributed by atoms with Gasteiger partial charge in [0.1, 0.15) is 5.82 Å². The summed E-state index contributed by atoms with van der Waals surface area (Å²) in [7, 11) is 1.92. The third-order valence-electron chi connectivity index (χ3n) is 6.36. The van der Waals surface area contributed by atoms with Crippen LogP contribution in [0.5, 0.6) is 0 Å². The summed E-state index contributed by atoms with van der Waals surface area (Å²) < 4.78 is 3.91. The fourth-order valence-electron chi connectivity index (χ4n) is 4.43. The van der Waals surface area contributed by atoms with Gasteiger partial charge in [-0.3, -0.25) is 9.67 Å². The van der Waals surface area contributed by atoms with Gasteiger partial charge in [0.2, 0.25) is 0 Å². The van der Waals surface area contributed by atoms with Crippen molar-refractivity contribution in [3.63, 3.8) is 0 Å². The van der Waals surface area contributed by atoms with Gasteiger partial charge in [-0.1, -0.05) is 6.07 Å². The molecule has 6 rings (SSSR count). The molecule has 1 N–H and O–H groups in total. The van der Waals surface area contributed by atoms with Crippen LogP contribution in [0.4, 0.5) is 5.82 Å². The zero-order chi connectivity index (χ0) is 22.4. The molecule has 0 saturated carbocycles. The lowest BCUT2D eigenvalue weighted by Crippen LogP contribution is -2.43. The van der Waals surface area contributed by atoms with Crippen molar-refractivity contribution >= 4 is 28.0 Å². The number of hydrogen-bond donors (Lipinski definition) is 1. The Bertz CT molecular complexity index is 1450. The highest BCUT2D eigenvalue weighted by Gasteiger charge is 2.18. The number of pyridine rings is 1. The number of nitrogens with zero attached hydrogens (tertiary/aromatic N) is 8. The molecule has 1 unspecified atom stereocenters. The molecule has 1 aliphatic rings. The van der Waals surface area contributed by atoms with E-state index in [9.17, 15) is 0 Å². The Hall–Kier alpha value is -3.85. The number of rotatable bonds is 4. The van der Waals surface area contributed by atoms with Crippen LogP contribution in [0.2, 0.25) is 0 Å². The number of fused-ring (bicyclic) bond motifs is 2. The van der Waals surface area contributed by atoms with E-state index in [0.29, 0.717) is 5.65 Å². The number of anilines is 1. The van der Waals surface area contributed by atoms with Crippen LogP contribution in [0.1, 0.15) is 18.5 Å². The first-order chi connectivity index (χ1) is 16.2. The lowest BCUT2D eigenvalue weighted by Gasteiger charge is -2.28. The molecule has 4 aromatic heterocycles. The molecule has 1 atom stereocenters. The number of aryl methyl sites for hydroxylation is 1. The highest BCUT2D eigenvalue weighted by molar-refractivity contribution is 5.84. The maximum absolute atomic E-state index is 4.94. The fourth-order valence-corrected chi connectivity index (χ4v) is 4.43. The van der Waals surface area contributed by atoms with Gasteiger partial charge in [-0.25, -0.2) is 15.0 Å². The molecule has 166 valence electrons. The molecule has 0 amide bonds. The Balaban J connectivity index is 1.37. The fraction of sp³-hybridized carbons (Fsp3) is 0.292. The molecule has 0 aliphatic carbocycles. The van der Waals surface area contributed by atoms with Crippen molar-refractivity contribution in [3.05, 3.63) is 60.9 Å². The first-order valence-electron chi connectivity index (χ1n) is 11.2. The van der Waals surface area contributed by atoms with Crippen LogP contribution in [0.15, 0.2) is 55.4 Å². The second-order valence-corrected chi connectivity index (χ2v) is 8.52. The van der Waals surface area contributed by atoms with Gasteiger partial charge in [-0.15, -0.1) is 0 Å². The predicted molar refractivity (Wildman–Crippen MR) is 128 cm³/mol. The summed E-state index contributed by atoms with van der Waals surface area (Å²) in [6.07, 6.45) is 9.44. The molecule has 0 spiro atoms. The summed E-state index contributed by atoms with van der Waals surface area (Å²) >= 11 is 0. The van der Waals surface area contributed by atoms with Crippen molar-refractivity contribution in [2.24, 2.45) is 7.05 Å². The standard InChI is InChI=1S/C24H25N9/c1-16(33-15-28-23-24(33)30-22(13-27-23)32-7-5-25-6-8-32)17-3-4-21-18(9-17)10-19(11-26-21)20-12-29-31(2)14-20/h3-4,9-16,25H,5-8H2,1-2H3. The number of nitrogens with one attached hydrogen (secondary N) is 1. The molecule has 5 aromatic rings. The quantitative estimate of drug-likeness (QED) is 0.461. The smallest absolute Gasteiger partial charge is 0.197 e. The SMILES string of the molecule is CC(c1ccc2ncc(-c3cnn(C)c3)cc2c1)n1cnc2ncc(N3CCNCC3)nc21. The van der Waals surface area contributed by atoms with E-state index in [1.54, 1.807) is 4.68 Å². The number of hydrogen-bond acceptors (Lipinski definition) is 7. The summed E-state index contributed by atoms with van der Waals surface area (Å²) in [5, 5.41) is 8.76. The monoisotopic (exact) mass is 439 g/mol. The molecule has 1 aliphatic heterocycles. The maximum Gasteiger partial charge on any atom is 0.197 e. The molecule has 1 fully saturated rings. The molecule has 0 bridgehead atoms. The zero-order valence-electron chi connectivity index (χ0n) is 18.7. The van der Waals surface area contributed by atoms with Gasteiger partial charge in [-0.2, -0.15) is 5.10 Å². The van der Waals surface area contributed by atoms with E-state index >= 15 is 0 Å². The van der Waals surface area contributed by atoms with E-state index in [2.05, 4.69) is 66.0 Å². The summed E-state index contributed by atoms with van der Waals surface area (Å²) in [4.78, 5) is 20.9. The van der Waals surface area contributed by atoms with Crippen molar-refractivity contribution in [3.8, 4) is 11.1 Å². The molecular weight excluding hydrogens is 414 g/mol. The van der Waals surface area contributed by atoms with Crippen molar-refractivity contribution in [1.82, 2.24) is 39.6 Å². The average molecular weight is 440 g/mol. The van der Waals surface area contributed by atoms with Gasteiger partial charge >= 0.3 is 0 Å². The van der Waals surface area contributed by atoms with E-state index in [0.717, 1.165) is 59.7 Å². The van der Waals surface area contributed by atoms with Crippen LogP contribution in [-0.2, 0) is 7.05 Å². The highest BCUT2D eigenvalue weighted by atomic mass is 15.3. The Kier molecular flexibility index (Phi) is 4.76. The predicted octanol–water partition coefficient (Wildman–Crippen LogP) is 2.79. The molecule has 33 heavy (non-hydrogen) atoms.